The summed E-state index contributed by atoms with van der Waals surface area (Å²) in [5.41, 5.74) is 0.986. The van der Waals surface area contributed by atoms with E-state index in [1.807, 2.05) is 13.8 Å². The third kappa shape index (κ3) is 3.23. The number of hydrogen-bond acceptors (Lipinski definition) is 7. The van der Waals surface area contributed by atoms with Crippen LogP contribution in [0.5, 0.6) is 0 Å². The van der Waals surface area contributed by atoms with E-state index in [9.17, 15) is 0 Å². The molecule has 4 rings (SSSR count). The monoisotopic (exact) mass is 331 g/mol. The SMILES string of the molecule is Cc1nc(CN2CCN([C@H](C)c3nc(C4CC4)no3)CC2)oc1C. The van der Waals surface area contributed by atoms with Gasteiger partial charge in [0, 0.05) is 32.1 Å². The number of rotatable bonds is 5. The van der Waals surface area contributed by atoms with Gasteiger partial charge in [0.05, 0.1) is 18.3 Å². The number of aryl methyl sites for hydroxylation is 2. The van der Waals surface area contributed by atoms with Gasteiger partial charge in [-0.1, -0.05) is 5.16 Å². The minimum absolute atomic E-state index is 0.179. The average molecular weight is 331 g/mol. The molecule has 7 nitrogen and oxygen atoms in total. The van der Waals surface area contributed by atoms with Crippen LogP contribution >= 0.6 is 0 Å². The van der Waals surface area contributed by atoms with Gasteiger partial charge >= 0.3 is 0 Å². The van der Waals surface area contributed by atoms with Gasteiger partial charge < -0.3 is 8.94 Å². The summed E-state index contributed by atoms with van der Waals surface area (Å²) in [4.78, 5) is 13.9. The fourth-order valence-electron chi connectivity index (χ4n) is 3.19. The van der Waals surface area contributed by atoms with E-state index in [-0.39, 0.29) is 6.04 Å². The Hall–Kier alpha value is -1.73. The second-order valence-electron chi connectivity index (χ2n) is 7.00. The second kappa shape index (κ2) is 6.29. The summed E-state index contributed by atoms with van der Waals surface area (Å²) in [6.07, 6.45) is 2.40. The van der Waals surface area contributed by atoms with Crippen molar-refractivity contribution in [2.45, 2.75) is 52.1 Å². The summed E-state index contributed by atoms with van der Waals surface area (Å²) in [6, 6.07) is 0.179. The largest absolute Gasteiger partial charge is 0.444 e. The van der Waals surface area contributed by atoms with Crippen LogP contribution in [-0.2, 0) is 6.54 Å². The van der Waals surface area contributed by atoms with Gasteiger partial charge in [0.15, 0.2) is 5.82 Å². The molecule has 1 aliphatic carbocycles. The Kier molecular flexibility index (Phi) is 4.14. The van der Waals surface area contributed by atoms with Gasteiger partial charge in [-0.2, -0.15) is 4.98 Å². The third-order valence-electron chi connectivity index (χ3n) is 5.14. The Balaban J connectivity index is 1.31. The van der Waals surface area contributed by atoms with Crippen LogP contribution in [0.25, 0.3) is 0 Å². The van der Waals surface area contributed by atoms with E-state index in [4.69, 9.17) is 8.94 Å². The van der Waals surface area contributed by atoms with E-state index in [1.165, 1.54) is 12.8 Å². The van der Waals surface area contributed by atoms with Crippen LogP contribution in [0.1, 0.15) is 60.8 Å². The maximum Gasteiger partial charge on any atom is 0.243 e. The minimum Gasteiger partial charge on any atom is -0.444 e. The van der Waals surface area contributed by atoms with Gasteiger partial charge in [0.1, 0.15) is 5.76 Å². The molecule has 0 amide bonds. The highest BCUT2D eigenvalue weighted by atomic mass is 16.5. The van der Waals surface area contributed by atoms with Gasteiger partial charge in [-0.25, -0.2) is 4.98 Å². The Labute approximate surface area is 142 Å². The summed E-state index contributed by atoms with van der Waals surface area (Å²) >= 11 is 0. The molecule has 2 aromatic rings. The van der Waals surface area contributed by atoms with E-state index >= 15 is 0 Å². The number of hydrogen-bond donors (Lipinski definition) is 0. The predicted molar refractivity (Wildman–Crippen MR) is 87.5 cm³/mol. The summed E-state index contributed by atoms with van der Waals surface area (Å²) in [5.74, 6) is 3.92. The second-order valence-corrected chi connectivity index (χ2v) is 7.00. The molecule has 7 heteroatoms. The standard InChI is InChI=1S/C17H25N5O2/c1-11-13(3)23-15(18-11)10-21-6-8-22(9-7-21)12(2)17-19-16(20-24-17)14-4-5-14/h12,14H,4-10H2,1-3H3/t12-/m1/s1. The quantitative estimate of drug-likeness (QED) is 0.833. The highest BCUT2D eigenvalue weighted by molar-refractivity contribution is 5.06. The summed E-state index contributed by atoms with van der Waals surface area (Å²) in [6.45, 7) is 10.8. The van der Waals surface area contributed by atoms with Crippen molar-refractivity contribution in [3.05, 3.63) is 29.1 Å². The predicted octanol–water partition coefficient (Wildman–Crippen LogP) is 2.43. The van der Waals surface area contributed by atoms with E-state index in [1.54, 1.807) is 0 Å². The van der Waals surface area contributed by atoms with Gasteiger partial charge in [-0.3, -0.25) is 9.80 Å². The molecule has 0 bridgehead atoms. The molecule has 0 spiro atoms. The molecule has 0 aromatic carbocycles. The molecular weight excluding hydrogens is 306 g/mol. The van der Waals surface area contributed by atoms with Crippen molar-refractivity contribution in [2.75, 3.05) is 26.2 Å². The zero-order valence-corrected chi connectivity index (χ0v) is 14.7. The van der Waals surface area contributed by atoms with E-state index in [2.05, 4.69) is 31.8 Å². The topological polar surface area (TPSA) is 71.4 Å². The van der Waals surface area contributed by atoms with Gasteiger partial charge in [-0.15, -0.1) is 0 Å². The minimum atomic E-state index is 0.179. The molecule has 1 saturated carbocycles. The molecule has 1 atom stereocenters. The van der Waals surface area contributed by atoms with Gasteiger partial charge in [0.25, 0.3) is 0 Å². The van der Waals surface area contributed by atoms with Gasteiger partial charge in [0.2, 0.25) is 11.8 Å². The van der Waals surface area contributed by atoms with Crippen LogP contribution < -0.4 is 0 Å². The normalized spacial score (nSPS) is 21.3. The molecule has 0 unspecified atom stereocenters. The first-order valence-corrected chi connectivity index (χ1v) is 8.83. The van der Waals surface area contributed by atoms with Crippen LogP contribution in [0, 0.1) is 13.8 Å². The van der Waals surface area contributed by atoms with Crippen LogP contribution in [0.3, 0.4) is 0 Å². The molecule has 1 aliphatic heterocycles. The first kappa shape index (κ1) is 15.8. The van der Waals surface area contributed by atoms with E-state index < -0.39 is 0 Å². The zero-order chi connectivity index (χ0) is 16.7. The van der Waals surface area contributed by atoms with Crippen molar-refractivity contribution in [2.24, 2.45) is 0 Å². The first-order valence-electron chi connectivity index (χ1n) is 8.83. The Morgan fingerprint density at radius 1 is 1.12 bits per heavy atom. The van der Waals surface area contributed by atoms with E-state index in [0.717, 1.165) is 61.8 Å². The molecule has 2 fully saturated rings. The highest BCUT2D eigenvalue weighted by Crippen LogP contribution is 2.38. The molecule has 24 heavy (non-hydrogen) atoms. The summed E-state index contributed by atoms with van der Waals surface area (Å²) in [7, 11) is 0. The fraction of sp³-hybridized carbons (Fsp3) is 0.706. The number of nitrogens with zero attached hydrogens (tertiary/aromatic N) is 5. The lowest BCUT2D eigenvalue weighted by molar-refractivity contribution is 0.0796. The molecule has 0 radical (unpaired) electrons. The number of oxazole rings is 1. The Morgan fingerprint density at radius 3 is 2.50 bits per heavy atom. The highest BCUT2D eigenvalue weighted by Gasteiger charge is 2.31. The lowest BCUT2D eigenvalue weighted by Gasteiger charge is -2.36. The van der Waals surface area contributed by atoms with Crippen LogP contribution in [0.2, 0.25) is 0 Å². The molecular formula is C17H25N5O2. The molecule has 130 valence electrons. The first-order chi connectivity index (χ1) is 11.6. The smallest absolute Gasteiger partial charge is 0.243 e. The summed E-state index contributed by atoms with van der Waals surface area (Å²) < 4.78 is 11.2. The lowest BCUT2D eigenvalue weighted by atomic mass is 10.2. The van der Waals surface area contributed by atoms with Crippen molar-refractivity contribution >= 4 is 0 Å². The molecule has 2 aliphatic rings. The van der Waals surface area contributed by atoms with Crippen molar-refractivity contribution in [3.63, 3.8) is 0 Å². The molecule has 0 N–H and O–H groups in total. The van der Waals surface area contributed by atoms with Crippen LogP contribution in [-0.4, -0.2) is 51.1 Å². The zero-order valence-electron chi connectivity index (χ0n) is 14.7. The van der Waals surface area contributed by atoms with E-state index in [0.29, 0.717) is 5.92 Å². The Morgan fingerprint density at radius 2 is 1.88 bits per heavy atom. The molecule has 1 saturated heterocycles. The lowest BCUT2D eigenvalue weighted by Crippen LogP contribution is -2.46. The fourth-order valence-corrected chi connectivity index (χ4v) is 3.19. The van der Waals surface area contributed by atoms with Gasteiger partial charge in [-0.05, 0) is 33.6 Å². The Bertz CT molecular complexity index is 678. The maximum atomic E-state index is 5.69. The third-order valence-corrected chi connectivity index (χ3v) is 5.14. The van der Waals surface area contributed by atoms with Crippen molar-refractivity contribution < 1.29 is 8.94 Å². The van der Waals surface area contributed by atoms with Crippen molar-refractivity contribution in [1.29, 1.82) is 0 Å². The maximum absolute atomic E-state index is 5.69. The van der Waals surface area contributed by atoms with Crippen LogP contribution in [0.4, 0.5) is 0 Å². The number of piperazine rings is 1. The average Bonchev–Trinajstić information content (AvgIpc) is 3.22. The van der Waals surface area contributed by atoms with Crippen molar-refractivity contribution in [3.8, 4) is 0 Å². The molecule has 3 heterocycles. The van der Waals surface area contributed by atoms with Crippen LogP contribution in [0.15, 0.2) is 8.94 Å². The summed E-state index contributed by atoms with van der Waals surface area (Å²) in [5, 5.41) is 4.13. The molecule has 2 aromatic heterocycles. The number of aromatic nitrogens is 3. The van der Waals surface area contributed by atoms with Crippen molar-refractivity contribution in [1.82, 2.24) is 24.9 Å².